The molecule has 0 saturated carbocycles. The van der Waals surface area contributed by atoms with Crippen LogP contribution in [0.2, 0.25) is 0 Å². The SMILES string of the molecule is O=C(NC1CCN(C(=O)C2CCCN2C(=O)Cc2cccs2)CC1)c1ccccc1. The second-order valence-electron chi connectivity index (χ2n) is 7.94. The summed E-state index contributed by atoms with van der Waals surface area (Å²) in [6.07, 6.45) is 3.45. The zero-order valence-corrected chi connectivity index (χ0v) is 17.8. The van der Waals surface area contributed by atoms with Crippen LogP contribution in [0.5, 0.6) is 0 Å². The van der Waals surface area contributed by atoms with Gasteiger partial charge in [0.05, 0.1) is 6.42 Å². The molecule has 2 aliphatic heterocycles. The van der Waals surface area contributed by atoms with Gasteiger partial charge in [-0.05, 0) is 49.3 Å². The van der Waals surface area contributed by atoms with Gasteiger partial charge in [0, 0.05) is 36.1 Å². The minimum atomic E-state index is -0.340. The maximum atomic E-state index is 13.1. The second kappa shape index (κ2) is 9.43. The number of likely N-dealkylation sites (tertiary alicyclic amines) is 2. The molecule has 2 aliphatic rings. The van der Waals surface area contributed by atoms with E-state index in [9.17, 15) is 14.4 Å². The normalized spacial score (nSPS) is 19.7. The molecule has 2 saturated heterocycles. The first-order chi connectivity index (χ1) is 14.6. The van der Waals surface area contributed by atoms with Crippen LogP contribution in [0.4, 0.5) is 0 Å². The number of amides is 3. The van der Waals surface area contributed by atoms with Crippen LogP contribution in [0.3, 0.4) is 0 Å². The van der Waals surface area contributed by atoms with Gasteiger partial charge < -0.3 is 15.1 Å². The predicted molar refractivity (Wildman–Crippen MR) is 116 cm³/mol. The molecule has 158 valence electrons. The smallest absolute Gasteiger partial charge is 0.251 e. The molecule has 0 spiro atoms. The highest BCUT2D eigenvalue weighted by Gasteiger charge is 2.37. The maximum Gasteiger partial charge on any atom is 0.251 e. The van der Waals surface area contributed by atoms with Gasteiger partial charge in [-0.1, -0.05) is 24.3 Å². The monoisotopic (exact) mass is 425 g/mol. The lowest BCUT2D eigenvalue weighted by atomic mass is 10.0. The second-order valence-corrected chi connectivity index (χ2v) is 8.97. The first kappa shape index (κ1) is 20.6. The summed E-state index contributed by atoms with van der Waals surface area (Å²) in [6, 6.07) is 12.8. The fourth-order valence-electron chi connectivity index (χ4n) is 4.30. The Morgan fingerprint density at radius 1 is 0.967 bits per heavy atom. The number of thiophene rings is 1. The number of benzene rings is 1. The van der Waals surface area contributed by atoms with E-state index in [-0.39, 0.29) is 29.8 Å². The van der Waals surface area contributed by atoms with Gasteiger partial charge in [0.25, 0.3) is 5.91 Å². The topological polar surface area (TPSA) is 69.7 Å². The molecular formula is C23H27N3O3S. The molecule has 1 N–H and O–H groups in total. The average molecular weight is 426 g/mol. The van der Waals surface area contributed by atoms with Crippen LogP contribution < -0.4 is 5.32 Å². The summed E-state index contributed by atoms with van der Waals surface area (Å²) in [5, 5.41) is 5.04. The number of nitrogens with one attached hydrogen (secondary N) is 1. The van der Waals surface area contributed by atoms with Gasteiger partial charge >= 0.3 is 0 Å². The van der Waals surface area contributed by atoms with E-state index in [1.807, 2.05) is 40.6 Å². The molecule has 3 amide bonds. The molecule has 2 fully saturated rings. The number of carbonyl (C=O) groups excluding carboxylic acids is 3. The van der Waals surface area contributed by atoms with Crippen molar-refractivity contribution in [3.8, 4) is 0 Å². The van der Waals surface area contributed by atoms with Gasteiger partial charge in [-0.15, -0.1) is 11.3 Å². The first-order valence-electron chi connectivity index (χ1n) is 10.6. The molecule has 0 aliphatic carbocycles. The third-order valence-electron chi connectivity index (χ3n) is 5.94. The Hall–Kier alpha value is -2.67. The van der Waals surface area contributed by atoms with Crippen molar-refractivity contribution in [1.29, 1.82) is 0 Å². The number of nitrogens with zero attached hydrogens (tertiary/aromatic N) is 2. The van der Waals surface area contributed by atoms with Gasteiger partial charge in [0.1, 0.15) is 6.04 Å². The van der Waals surface area contributed by atoms with Crippen LogP contribution in [0, 0.1) is 0 Å². The van der Waals surface area contributed by atoms with Crippen molar-refractivity contribution >= 4 is 29.1 Å². The fourth-order valence-corrected chi connectivity index (χ4v) is 4.99. The molecule has 1 unspecified atom stereocenters. The van der Waals surface area contributed by atoms with Crippen molar-refractivity contribution in [2.45, 2.75) is 44.2 Å². The van der Waals surface area contributed by atoms with E-state index in [1.54, 1.807) is 28.4 Å². The first-order valence-corrected chi connectivity index (χ1v) is 11.5. The molecule has 0 radical (unpaired) electrons. The number of carbonyl (C=O) groups is 3. The fraction of sp³-hybridized carbons (Fsp3) is 0.435. The van der Waals surface area contributed by atoms with E-state index < -0.39 is 0 Å². The molecule has 7 heteroatoms. The van der Waals surface area contributed by atoms with Crippen molar-refractivity contribution in [3.05, 3.63) is 58.3 Å². The Morgan fingerprint density at radius 2 is 1.73 bits per heavy atom. The van der Waals surface area contributed by atoms with Crippen LogP contribution in [-0.2, 0) is 16.0 Å². The maximum absolute atomic E-state index is 13.1. The minimum Gasteiger partial charge on any atom is -0.349 e. The van der Waals surface area contributed by atoms with Crippen LogP contribution >= 0.6 is 11.3 Å². The summed E-state index contributed by atoms with van der Waals surface area (Å²) in [6.45, 7) is 1.88. The Kier molecular flexibility index (Phi) is 6.47. The standard InChI is InChI=1S/C23H27N3O3S/c27-21(16-19-8-5-15-30-19)26-12-4-9-20(26)23(29)25-13-10-18(11-14-25)24-22(28)17-6-2-1-3-7-17/h1-3,5-8,15,18,20H,4,9-14,16H2,(H,24,28). The largest absolute Gasteiger partial charge is 0.349 e. The summed E-state index contributed by atoms with van der Waals surface area (Å²) in [7, 11) is 0. The molecule has 1 aromatic heterocycles. The number of hydrogen-bond acceptors (Lipinski definition) is 4. The zero-order chi connectivity index (χ0) is 20.9. The van der Waals surface area contributed by atoms with E-state index in [2.05, 4.69) is 5.32 Å². The minimum absolute atomic E-state index is 0.0401. The van der Waals surface area contributed by atoms with Crippen LogP contribution in [0.1, 0.15) is 40.9 Å². The molecule has 4 rings (SSSR count). The number of piperidine rings is 1. The molecule has 30 heavy (non-hydrogen) atoms. The Balaban J connectivity index is 1.29. The van der Waals surface area contributed by atoms with Crippen molar-refractivity contribution in [1.82, 2.24) is 15.1 Å². The molecule has 6 nitrogen and oxygen atoms in total. The Labute approximate surface area is 180 Å². The quantitative estimate of drug-likeness (QED) is 0.801. The van der Waals surface area contributed by atoms with Crippen molar-refractivity contribution in [2.75, 3.05) is 19.6 Å². The zero-order valence-electron chi connectivity index (χ0n) is 17.0. The Morgan fingerprint density at radius 3 is 2.43 bits per heavy atom. The molecule has 3 heterocycles. The average Bonchev–Trinajstić information content (AvgIpc) is 3.46. The molecule has 1 atom stereocenters. The highest BCUT2D eigenvalue weighted by molar-refractivity contribution is 7.10. The highest BCUT2D eigenvalue weighted by Crippen LogP contribution is 2.23. The van der Waals surface area contributed by atoms with E-state index >= 15 is 0 Å². The van der Waals surface area contributed by atoms with E-state index in [4.69, 9.17) is 0 Å². The Bertz CT molecular complexity index is 876. The molecule has 2 aromatic rings. The van der Waals surface area contributed by atoms with Crippen LogP contribution in [-0.4, -0.2) is 59.2 Å². The van der Waals surface area contributed by atoms with Crippen molar-refractivity contribution in [3.63, 3.8) is 0 Å². The van der Waals surface area contributed by atoms with E-state index in [0.29, 0.717) is 31.6 Å². The van der Waals surface area contributed by atoms with Gasteiger partial charge in [-0.2, -0.15) is 0 Å². The van der Waals surface area contributed by atoms with Gasteiger partial charge in [0.2, 0.25) is 11.8 Å². The summed E-state index contributed by atoms with van der Waals surface area (Å²) in [5.41, 5.74) is 0.654. The lowest BCUT2D eigenvalue weighted by molar-refractivity contribution is -0.144. The van der Waals surface area contributed by atoms with E-state index in [1.165, 1.54) is 0 Å². The molecule has 1 aromatic carbocycles. The van der Waals surface area contributed by atoms with Gasteiger partial charge in [0.15, 0.2) is 0 Å². The van der Waals surface area contributed by atoms with Crippen LogP contribution in [0.25, 0.3) is 0 Å². The lowest BCUT2D eigenvalue weighted by Gasteiger charge is -2.35. The molecule has 0 bridgehead atoms. The third kappa shape index (κ3) is 4.73. The van der Waals surface area contributed by atoms with Crippen molar-refractivity contribution < 1.29 is 14.4 Å². The van der Waals surface area contributed by atoms with Gasteiger partial charge in [-0.25, -0.2) is 0 Å². The van der Waals surface area contributed by atoms with Crippen LogP contribution in [0.15, 0.2) is 47.8 Å². The summed E-state index contributed by atoms with van der Waals surface area (Å²) < 4.78 is 0. The highest BCUT2D eigenvalue weighted by atomic mass is 32.1. The summed E-state index contributed by atoms with van der Waals surface area (Å²) in [4.78, 5) is 42.9. The lowest BCUT2D eigenvalue weighted by Crippen LogP contribution is -2.52. The predicted octanol–water partition coefficient (Wildman–Crippen LogP) is 2.70. The van der Waals surface area contributed by atoms with Crippen molar-refractivity contribution in [2.24, 2.45) is 0 Å². The number of hydrogen-bond donors (Lipinski definition) is 1. The molecular weight excluding hydrogens is 398 g/mol. The van der Waals surface area contributed by atoms with Gasteiger partial charge in [-0.3, -0.25) is 14.4 Å². The summed E-state index contributed by atoms with van der Waals surface area (Å²) in [5.74, 6) is 0.0275. The summed E-state index contributed by atoms with van der Waals surface area (Å²) >= 11 is 1.57. The number of rotatable bonds is 5. The van der Waals surface area contributed by atoms with E-state index in [0.717, 1.165) is 30.6 Å². The third-order valence-corrected chi connectivity index (χ3v) is 6.82.